The molecule has 4 heteroatoms. The second-order valence-electron chi connectivity index (χ2n) is 5.05. The first-order valence-electron chi connectivity index (χ1n) is 6.13. The highest BCUT2D eigenvalue weighted by molar-refractivity contribution is 5.94. The fourth-order valence-corrected chi connectivity index (χ4v) is 1.90. The molecule has 0 unspecified atom stereocenters. The standard InChI is InChI=1S/C13H23N3O/c1-10(2)13-14-9-11(16(13)5)12(17)7-6-8-15(3)4/h9-10H,6-8H2,1-5H3. The first-order valence-corrected chi connectivity index (χ1v) is 6.13. The van der Waals surface area contributed by atoms with Crippen molar-refractivity contribution in [3.05, 3.63) is 17.7 Å². The van der Waals surface area contributed by atoms with E-state index in [2.05, 4.69) is 23.7 Å². The molecule has 0 saturated heterocycles. The maximum Gasteiger partial charge on any atom is 0.180 e. The minimum Gasteiger partial charge on any atom is -0.329 e. The molecule has 0 saturated carbocycles. The Kier molecular flexibility index (Phi) is 4.87. The van der Waals surface area contributed by atoms with Gasteiger partial charge in [-0.2, -0.15) is 0 Å². The first kappa shape index (κ1) is 13.9. The van der Waals surface area contributed by atoms with Gasteiger partial charge >= 0.3 is 0 Å². The van der Waals surface area contributed by atoms with Crippen LogP contribution in [0.4, 0.5) is 0 Å². The average Bonchev–Trinajstić information content (AvgIpc) is 2.59. The number of nitrogens with zero attached hydrogens (tertiary/aromatic N) is 3. The van der Waals surface area contributed by atoms with Crippen LogP contribution in [0.25, 0.3) is 0 Å². The van der Waals surface area contributed by atoms with Crippen LogP contribution in [-0.4, -0.2) is 40.9 Å². The molecule has 0 aliphatic heterocycles. The number of hydrogen-bond acceptors (Lipinski definition) is 3. The van der Waals surface area contributed by atoms with Gasteiger partial charge in [0.2, 0.25) is 0 Å². The largest absolute Gasteiger partial charge is 0.329 e. The fraction of sp³-hybridized carbons (Fsp3) is 0.692. The number of Topliss-reactive ketones (excluding diaryl/α,β-unsaturated/α-hetero) is 1. The van der Waals surface area contributed by atoms with Crippen LogP contribution in [0.1, 0.15) is 48.9 Å². The van der Waals surface area contributed by atoms with Crippen LogP contribution in [0.2, 0.25) is 0 Å². The van der Waals surface area contributed by atoms with Gasteiger partial charge in [0.15, 0.2) is 5.78 Å². The van der Waals surface area contributed by atoms with E-state index in [0.717, 1.165) is 24.5 Å². The van der Waals surface area contributed by atoms with Gasteiger partial charge in [0.25, 0.3) is 0 Å². The Labute approximate surface area is 104 Å². The van der Waals surface area contributed by atoms with Crippen molar-refractivity contribution in [1.29, 1.82) is 0 Å². The van der Waals surface area contributed by atoms with E-state index in [0.29, 0.717) is 12.3 Å². The summed E-state index contributed by atoms with van der Waals surface area (Å²) in [7, 11) is 5.96. The van der Waals surface area contributed by atoms with E-state index in [1.165, 1.54) is 0 Å². The molecule has 96 valence electrons. The van der Waals surface area contributed by atoms with E-state index >= 15 is 0 Å². The van der Waals surface area contributed by atoms with E-state index in [1.54, 1.807) is 6.20 Å². The zero-order valence-electron chi connectivity index (χ0n) is 11.5. The van der Waals surface area contributed by atoms with Crippen LogP contribution in [-0.2, 0) is 7.05 Å². The van der Waals surface area contributed by atoms with E-state index < -0.39 is 0 Å². The molecule has 0 aliphatic carbocycles. The summed E-state index contributed by atoms with van der Waals surface area (Å²) in [4.78, 5) is 18.4. The SMILES string of the molecule is CC(C)c1ncc(C(=O)CCCN(C)C)n1C. The average molecular weight is 237 g/mol. The summed E-state index contributed by atoms with van der Waals surface area (Å²) in [5.41, 5.74) is 0.729. The van der Waals surface area contributed by atoms with Gasteiger partial charge in [-0.15, -0.1) is 0 Å². The van der Waals surface area contributed by atoms with E-state index in [-0.39, 0.29) is 5.78 Å². The smallest absolute Gasteiger partial charge is 0.180 e. The van der Waals surface area contributed by atoms with E-state index in [9.17, 15) is 4.79 Å². The molecule has 4 nitrogen and oxygen atoms in total. The molecule has 0 atom stereocenters. The van der Waals surface area contributed by atoms with E-state index in [1.807, 2.05) is 25.7 Å². The summed E-state index contributed by atoms with van der Waals surface area (Å²) in [6, 6.07) is 0. The molecular formula is C13H23N3O. The summed E-state index contributed by atoms with van der Waals surface area (Å²) in [6.45, 7) is 5.12. The monoisotopic (exact) mass is 237 g/mol. The second-order valence-corrected chi connectivity index (χ2v) is 5.05. The lowest BCUT2D eigenvalue weighted by Gasteiger charge is -2.09. The molecule has 0 radical (unpaired) electrons. The predicted octanol–water partition coefficient (Wildman–Crippen LogP) is 2.07. The van der Waals surface area contributed by atoms with Gasteiger partial charge in [-0.05, 0) is 27.1 Å². The molecule has 1 rings (SSSR count). The predicted molar refractivity (Wildman–Crippen MR) is 69.4 cm³/mol. The molecule has 0 N–H and O–H groups in total. The van der Waals surface area contributed by atoms with Gasteiger partial charge in [0.1, 0.15) is 11.5 Å². The Morgan fingerprint density at radius 1 is 1.47 bits per heavy atom. The summed E-state index contributed by atoms with van der Waals surface area (Å²) in [5, 5.41) is 0. The number of carbonyl (C=O) groups excluding carboxylic acids is 1. The van der Waals surface area contributed by atoms with Crippen molar-refractivity contribution in [3.63, 3.8) is 0 Å². The second kappa shape index (κ2) is 5.96. The van der Waals surface area contributed by atoms with Crippen LogP contribution in [0.15, 0.2) is 6.20 Å². The lowest BCUT2D eigenvalue weighted by Crippen LogP contribution is -2.15. The molecule has 1 heterocycles. The van der Waals surface area contributed by atoms with Crippen molar-refractivity contribution in [2.24, 2.45) is 7.05 Å². The van der Waals surface area contributed by atoms with Crippen LogP contribution < -0.4 is 0 Å². The van der Waals surface area contributed by atoms with Gasteiger partial charge < -0.3 is 9.47 Å². The molecular weight excluding hydrogens is 214 g/mol. The minimum absolute atomic E-state index is 0.189. The number of imidazole rings is 1. The fourth-order valence-electron chi connectivity index (χ4n) is 1.90. The molecule has 17 heavy (non-hydrogen) atoms. The third kappa shape index (κ3) is 3.66. The molecule has 0 bridgehead atoms. The number of rotatable bonds is 6. The molecule has 0 aliphatic rings. The number of carbonyl (C=O) groups is 1. The Hall–Kier alpha value is -1.16. The molecule has 1 aromatic heterocycles. The third-order valence-electron chi connectivity index (χ3n) is 2.84. The minimum atomic E-state index is 0.189. The third-order valence-corrected chi connectivity index (χ3v) is 2.84. The summed E-state index contributed by atoms with van der Waals surface area (Å²) in [6.07, 6.45) is 3.19. The Morgan fingerprint density at radius 3 is 2.59 bits per heavy atom. The van der Waals surface area contributed by atoms with Crippen molar-refractivity contribution in [2.45, 2.75) is 32.6 Å². The lowest BCUT2D eigenvalue weighted by atomic mass is 10.1. The highest BCUT2D eigenvalue weighted by Gasteiger charge is 2.15. The van der Waals surface area contributed by atoms with Crippen molar-refractivity contribution >= 4 is 5.78 Å². The maximum atomic E-state index is 12.0. The Balaban J connectivity index is 2.63. The quantitative estimate of drug-likeness (QED) is 0.711. The van der Waals surface area contributed by atoms with Crippen LogP contribution in [0.5, 0.6) is 0 Å². The number of aromatic nitrogens is 2. The highest BCUT2D eigenvalue weighted by Crippen LogP contribution is 2.15. The molecule has 0 fully saturated rings. The molecule has 0 aromatic carbocycles. The van der Waals surface area contributed by atoms with Gasteiger partial charge in [-0.3, -0.25) is 4.79 Å². The maximum absolute atomic E-state index is 12.0. The number of hydrogen-bond donors (Lipinski definition) is 0. The van der Waals surface area contributed by atoms with Crippen LogP contribution in [0, 0.1) is 0 Å². The van der Waals surface area contributed by atoms with Crippen molar-refractivity contribution in [2.75, 3.05) is 20.6 Å². The Bertz CT molecular complexity index is 380. The molecule has 1 aromatic rings. The Morgan fingerprint density at radius 2 is 2.12 bits per heavy atom. The highest BCUT2D eigenvalue weighted by atomic mass is 16.1. The summed E-state index contributed by atoms with van der Waals surface area (Å²) in [5.74, 6) is 1.51. The van der Waals surface area contributed by atoms with Crippen LogP contribution >= 0.6 is 0 Å². The zero-order chi connectivity index (χ0) is 13.0. The number of ketones is 1. The molecule has 0 amide bonds. The summed E-state index contributed by atoms with van der Waals surface area (Å²) < 4.78 is 1.92. The molecule has 0 spiro atoms. The topological polar surface area (TPSA) is 38.1 Å². The van der Waals surface area contributed by atoms with Gasteiger partial charge in [0.05, 0.1) is 6.20 Å². The van der Waals surface area contributed by atoms with Gasteiger partial charge in [-0.1, -0.05) is 13.8 Å². The summed E-state index contributed by atoms with van der Waals surface area (Å²) >= 11 is 0. The zero-order valence-corrected chi connectivity index (χ0v) is 11.5. The normalized spacial score (nSPS) is 11.5. The van der Waals surface area contributed by atoms with Gasteiger partial charge in [0, 0.05) is 19.4 Å². The lowest BCUT2D eigenvalue weighted by molar-refractivity contribution is 0.0969. The first-order chi connectivity index (χ1) is 7.93. The van der Waals surface area contributed by atoms with Crippen molar-refractivity contribution < 1.29 is 4.79 Å². The van der Waals surface area contributed by atoms with Crippen molar-refractivity contribution in [1.82, 2.24) is 14.5 Å². The van der Waals surface area contributed by atoms with Crippen LogP contribution in [0.3, 0.4) is 0 Å². The van der Waals surface area contributed by atoms with E-state index in [4.69, 9.17) is 0 Å². The van der Waals surface area contributed by atoms with Gasteiger partial charge in [-0.25, -0.2) is 4.98 Å². The van der Waals surface area contributed by atoms with Crippen molar-refractivity contribution in [3.8, 4) is 0 Å².